The molecule has 78 valence electrons. The molecular formula is C12H14NS2+. The highest BCUT2D eigenvalue weighted by Gasteiger charge is 2.12. The number of aryl methyl sites for hydroxylation is 1. The molecule has 1 nitrogen and oxygen atoms in total. The molecule has 0 aliphatic carbocycles. The number of hydrogen-bond donors (Lipinski definition) is 0. The van der Waals surface area contributed by atoms with Gasteiger partial charge in [-0.25, -0.2) is 0 Å². The first-order chi connectivity index (χ1) is 7.33. The molecule has 1 heterocycles. The fourth-order valence-corrected chi connectivity index (χ4v) is 3.03. The SMILES string of the molecule is CCS/C=C/c1sc2ccccc2[n+]1C. The van der Waals surface area contributed by atoms with E-state index in [1.54, 1.807) is 0 Å². The Kier molecular flexibility index (Phi) is 3.44. The fourth-order valence-electron chi connectivity index (χ4n) is 1.47. The van der Waals surface area contributed by atoms with Crippen LogP contribution >= 0.6 is 23.1 Å². The van der Waals surface area contributed by atoms with Crippen LogP contribution in [0.4, 0.5) is 0 Å². The number of hydrogen-bond acceptors (Lipinski definition) is 2. The summed E-state index contributed by atoms with van der Waals surface area (Å²) in [5, 5.41) is 3.47. The first-order valence-electron chi connectivity index (χ1n) is 4.98. The highest BCUT2D eigenvalue weighted by molar-refractivity contribution is 8.02. The second-order valence-electron chi connectivity index (χ2n) is 3.23. The van der Waals surface area contributed by atoms with E-state index >= 15 is 0 Å². The molecule has 0 amide bonds. The maximum Gasteiger partial charge on any atom is 0.263 e. The van der Waals surface area contributed by atoms with E-state index in [0.717, 1.165) is 5.75 Å². The lowest BCUT2D eigenvalue weighted by molar-refractivity contribution is -0.642. The minimum atomic E-state index is 1.13. The third-order valence-electron chi connectivity index (χ3n) is 2.25. The molecule has 3 heteroatoms. The van der Waals surface area contributed by atoms with Crippen molar-refractivity contribution in [2.45, 2.75) is 6.92 Å². The van der Waals surface area contributed by atoms with Crippen molar-refractivity contribution in [3.8, 4) is 0 Å². The lowest BCUT2D eigenvalue weighted by atomic mass is 10.3. The summed E-state index contributed by atoms with van der Waals surface area (Å²) in [4.78, 5) is 0. The Hall–Kier alpha value is -0.800. The summed E-state index contributed by atoms with van der Waals surface area (Å²) in [5.41, 5.74) is 1.31. The molecule has 0 aliphatic rings. The van der Waals surface area contributed by atoms with Gasteiger partial charge in [0.2, 0.25) is 5.52 Å². The molecule has 15 heavy (non-hydrogen) atoms. The molecule has 0 saturated carbocycles. The summed E-state index contributed by atoms with van der Waals surface area (Å²) in [5.74, 6) is 1.13. The number of benzene rings is 1. The Morgan fingerprint density at radius 1 is 1.40 bits per heavy atom. The molecule has 0 N–H and O–H groups in total. The third-order valence-corrected chi connectivity index (χ3v) is 4.09. The smallest absolute Gasteiger partial charge is 0.185 e. The monoisotopic (exact) mass is 236 g/mol. The van der Waals surface area contributed by atoms with Gasteiger partial charge in [0.25, 0.3) is 5.01 Å². The van der Waals surface area contributed by atoms with Crippen LogP contribution in [0.3, 0.4) is 0 Å². The van der Waals surface area contributed by atoms with Gasteiger partial charge in [-0.05, 0) is 17.2 Å². The van der Waals surface area contributed by atoms with Gasteiger partial charge in [0.15, 0.2) is 0 Å². The molecule has 1 aromatic heterocycles. The molecule has 0 aliphatic heterocycles. The number of thiazole rings is 1. The normalized spacial score (nSPS) is 11.6. The topological polar surface area (TPSA) is 3.88 Å². The van der Waals surface area contributed by atoms with E-state index < -0.39 is 0 Å². The summed E-state index contributed by atoms with van der Waals surface area (Å²) in [6, 6.07) is 8.51. The van der Waals surface area contributed by atoms with Crippen molar-refractivity contribution >= 4 is 39.4 Å². The number of thioether (sulfide) groups is 1. The quantitative estimate of drug-likeness (QED) is 0.738. The Bertz CT molecular complexity index is 485. The number of aromatic nitrogens is 1. The molecule has 0 saturated heterocycles. The third kappa shape index (κ3) is 2.24. The molecule has 1 aromatic carbocycles. The number of rotatable bonds is 3. The zero-order chi connectivity index (χ0) is 10.7. The largest absolute Gasteiger partial charge is 0.263 e. The zero-order valence-corrected chi connectivity index (χ0v) is 10.6. The van der Waals surface area contributed by atoms with Crippen molar-refractivity contribution in [2.75, 3.05) is 5.75 Å². The van der Waals surface area contributed by atoms with Gasteiger partial charge >= 0.3 is 0 Å². The maximum atomic E-state index is 2.24. The Morgan fingerprint density at radius 2 is 2.20 bits per heavy atom. The Morgan fingerprint density at radius 3 is 2.93 bits per heavy atom. The minimum absolute atomic E-state index is 1.13. The predicted molar refractivity (Wildman–Crippen MR) is 70.2 cm³/mol. The lowest BCUT2D eigenvalue weighted by Crippen LogP contribution is -2.28. The summed E-state index contributed by atoms with van der Waals surface area (Å²) >= 11 is 3.67. The summed E-state index contributed by atoms with van der Waals surface area (Å²) < 4.78 is 3.59. The Balaban J connectivity index is 2.40. The van der Waals surface area contributed by atoms with E-state index in [2.05, 4.69) is 54.3 Å². The van der Waals surface area contributed by atoms with Crippen molar-refractivity contribution in [2.24, 2.45) is 7.05 Å². The molecule has 0 spiro atoms. The maximum absolute atomic E-state index is 2.24. The molecule has 0 unspecified atom stereocenters. The van der Waals surface area contributed by atoms with Gasteiger partial charge in [0, 0.05) is 12.1 Å². The van der Waals surface area contributed by atoms with Crippen molar-refractivity contribution in [1.82, 2.24) is 0 Å². The standard InChI is InChI=1S/C12H14NS2/c1-3-14-9-8-12-13(2)10-6-4-5-7-11(10)15-12/h4-9H,3H2,1-2H3/q+1/b9-8+. The van der Waals surface area contributed by atoms with Crippen LogP contribution in [0, 0.1) is 0 Å². The highest BCUT2D eigenvalue weighted by atomic mass is 32.2. The fraction of sp³-hybridized carbons (Fsp3) is 0.250. The van der Waals surface area contributed by atoms with Crippen LogP contribution in [0.5, 0.6) is 0 Å². The average molecular weight is 236 g/mol. The first kappa shape index (κ1) is 10.7. The van der Waals surface area contributed by atoms with Gasteiger partial charge in [0.1, 0.15) is 11.7 Å². The van der Waals surface area contributed by atoms with Gasteiger partial charge in [-0.2, -0.15) is 4.57 Å². The second kappa shape index (κ2) is 4.81. The molecule has 0 atom stereocenters. The van der Waals surface area contributed by atoms with Crippen LogP contribution in [0.25, 0.3) is 16.3 Å². The van der Waals surface area contributed by atoms with E-state index in [9.17, 15) is 0 Å². The molecule has 0 fully saturated rings. The van der Waals surface area contributed by atoms with Crippen LogP contribution < -0.4 is 4.57 Å². The van der Waals surface area contributed by atoms with Crippen LogP contribution in [-0.4, -0.2) is 5.75 Å². The molecular weight excluding hydrogens is 222 g/mol. The van der Waals surface area contributed by atoms with Gasteiger partial charge in [-0.15, -0.1) is 11.8 Å². The Labute approximate surface area is 98.4 Å². The average Bonchev–Trinajstić information content (AvgIpc) is 2.57. The van der Waals surface area contributed by atoms with Gasteiger partial charge < -0.3 is 0 Å². The van der Waals surface area contributed by atoms with Crippen molar-refractivity contribution in [3.63, 3.8) is 0 Å². The second-order valence-corrected chi connectivity index (χ2v) is 5.47. The highest BCUT2D eigenvalue weighted by Crippen LogP contribution is 2.21. The zero-order valence-electron chi connectivity index (χ0n) is 8.93. The molecule has 0 bridgehead atoms. The molecule has 2 aromatic rings. The number of nitrogens with zero attached hydrogens (tertiary/aromatic N) is 1. The van der Waals surface area contributed by atoms with E-state index in [1.165, 1.54) is 15.2 Å². The van der Waals surface area contributed by atoms with E-state index in [-0.39, 0.29) is 0 Å². The van der Waals surface area contributed by atoms with Crippen LogP contribution in [0.1, 0.15) is 11.9 Å². The van der Waals surface area contributed by atoms with Crippen LogP contribution in [-0.2, 0) is 7.05 Å². The van der Waals surface area contributed by atoms with E-state index in [4.69, 9.17) is 0 Å². The van der Waals surface area contributed by atoms with E-state index in [0.29, 0.717) is 0 Å². The number of fused-ring (bicyclic) bond motifs is 1. The summed E-state index contributed by atoms with van der Waals surface area (Å²) in [6.45, 7) is 2.17. The lowest BCUT2D eigenvalue weighted by Gasteiger charge is -1.85. The summed E-state index contributed by atoms with van der Waals surface area (Å²) in [7, 11) is 2.12. The van der Waals surface area contributed by atoms with Crippen LogP contribution in [0.2, 0.25) is 0 Å². The minimum Gasteiger partial charge on any atom is -0.185 e. The van der Waals surface area contributed by atoms with Crippen LogP contribution in [0.15, 0.2) is 29.7 Å². The van der Waals surface area contributed by atoms with Crippen molar-refractivity contribution in [3.05, 3.63) is 34.7 Å². The van der Waals surface area contributed by atoms with E-state index in [1.807, 2.05) is 23.1 Å². The van der Waals surface area contributed by atoms with Gasteiger partial charge in [0.05, 0.1) is 0 Å². The van der Waals surface area contributed by atoms with Gasteiger partial charge in [-0.3, -0.25) is 0 Å². The van der Waals surface area contributed by atoms with Gasteiger partial charge in [-0.1, -0.05) is 30.4 Å². The molecule has 2 rings (SSSR count). The first-order valence-corrected chi connectivity index (χ1v) is 6.85. The number of para-hydroxylation sites is 1. The summed E-state index contributed by atoms with van der Waals surface area (Å²) in [6.07, 6.45) is 2.19. The molecule has 0 radical (unpaired) electrons. The predicted octanol–water partition coefficient (Wildman–Crippen LogP) is 3.45. The van der Waals surface area contributed by atoms with Crippen molar-refractivity contribution in [1.29, 1.82) is 0 Å². The van der Waals surface area contributed by atoms with Crippen molar-refractivity contribution < 1.29 is 4.57 Å².